The van der Waals surface area contributed by atoms with Gasteiger partial charge in [0, 0.05) is 22.8 Å². The standard InChI is InChI=1S/C24H23ClN4OS/c1-27(16-18-11-13-20(25)14-12-18)17-28-24(31)29(21-8-4-3-5-9-21)23(26-28)19-7-6-10-22(15-19)30-2/h3-15H,16-17H2,1-2H3. The molecule has 1 aromatic heterocycles. The summed E-state index contributed by atoms with van der Waals surface area (Å²) in [7, 11) is 3.70. The van der Waals surface area contributed by atoms with Crippen molar-refractivity contribution in [1.82, 2.24) is 19.2 Å². The van der Waals surface area contributed by atoms with E-state index in [1.165, 1.54) is 5.56 Å². The lowest BCUT2D eigenvalue weighted by Gasteiger charge is -2.16. The summed E-state index contributed by atoms with van der Waals surface area (Å²) < 4.78 is 9.90. The van der Waals surface area contributed by atoms with E-state index < -0.39 is 0 Å². The highest BCUT2D eigenvalue weighted by Gasteiger charge is 2.16. The molecule has 4 aromatic rings. The summed E-state index contributed by atoms with van der Waals surface area (Å²) in [6.07, 6.45) is 0. The Hall–Kier alpha value is -2.93. The lowest BCUT2D eigenvalue weighted by Crippen LogP contribution is -2.22. The summed E-state index contributed by atoms with van der Waals surface area (Å²) in [6.45, 7) is 1.31. The third kappa shape index (κ3) is 4.88. The van der Waals surface area contributed by atoms with E-state index in [1.54, 1.807) is 7.11 Å². The number of hydrogen-bond donors (Lipinski definition) is 0. The van der Waals surface area contributed by atoms with Gasteiger partial charge in [-0.15, -0.1) is 5.10 Å². The second-order valence-corrected chi connectivity index (χ2v) is 8.09. The Kier molecular flexibility index (Phi) is 6.51. The molecule has 0 aliphatic rings. The predicted molar refractivity (Wildman–Crippen MR) is 127 cm³/mol. The maximum atomic E-state index is 6.00. The Morgan fingerprint density at radius 3 is 2.45 bits per heavy atom. The molecule has 31 heavy (non-hydrogen) atoms. The first kappa shape index (κ1) is 21.3. The highest BCUT2D eigenvalue weighted by Crippen LogP contribution is 2.26. The van der Waals surface area contributed by atoms with Gasteiger partial charge in [0.05, 0.1) is 13.8 Å². The Balaban J connectivity index is 1.71. The van der Waals surface area contributed by atoms with Crippen molar-refractivity contribution in [3.05, 3.63) is 94.2 Å². The molecule has 7 heteroatoms. The zero-order valence-corrected chi connectivity index (χ0v) is 19.0. The van der Waals surface area contributed by atoms with Crippen LogP contribution in [0.25, 0.3) is 17.1 Å². The molecular weight excluding hydrogens is 428 g/mol. The number of hydrogen-bond acceptors (Lipinski definition) is 4. The van der Waals surface area contributed by atoms with Crippen molar-refractivity contribution in [3.8, 4) is 22.8 Å². The van der Waals surface area contributed by atoms with Gasteiger partial charge in [0.2, 0.25) is 4.77 Å². The summed E-state index contributed by atoms with van der Waals surface area (Å²) in [5.41, 5.74) is 3.08. The molecule has 0 aliphatic heterocycles. The van der Waals surface area contributed by atoms with Crippen molar-refractivity contribution >= 4 is 23.8 Å². The maximum Gasteiger partial charge on any atom is 0.204 e. The van der Waals surface area contributed by atoms with Gasteiger partial charge in [0.15, 0.2) is 5.82 Å². The van der Waals surface area contributed by atoms with Crippen molar-refractivity contribution in [1.29, 1.82) is 0 Å². The third-order valence-corrected chi connectivity index (χ3v) is 5.57. The molecule has 0 atom stereocenters. The Bertz CT molecular complexity index is 1220. The van der Waals surface area contributed by atoms with Crippen molar-refractivity contribution in [3.63, 3.8) is 0 Å². The SMILES string of the molecule is COc1cccc(-c2nn(CN(C)Cc3ccc(Cl)cc3)c(=S)n2-c2ccccc2)c1. The first-order valence-corrected chi connectivity index (χ1v) is 10.7. The van der Waals surface area contributed by atoms with Crippen molar-refractivity contribution in [2.24, 2.45) is 0 Å². The lowest BCUT2D eigenvalue weighted by atomic mass is 10.2. The fraction of sp³-hybridized carbons (Fsp3) is 0.167. The minimum absolute atomic E-state index is 0.554. The molecule has 0 radical (unpaired) electrons. The van der Waals surface area contributed by atoms with Crippen LogP contribution in [0.1, 0.15) is 5.56 Å². The molecule has 0 saturated heterocycles. The van der Waals surface area contributed by atoms with Crippen LogP contribution in [0.3, 0.4) is 0 Å². The van der Waals surface area contributed by atoms with Gasteiger partial charge < -0.3 is 4.74 Å². The maximum absolute atomic E-state index is 6.00. The molecule has 0 unspecified atom stereocenters. The molecule has 0 spiro atoms. The van der Waals surface area contributed by atoms with Crippen LogP contribution in [-0.4, -0.2) is 33.4 Å². The van der Waals surface area contributed by atoms with E-state index in [-0.39, 0.29) is 0 Å². The van der Waals surface area contributed by atoms with Crippen molar-refractivity contribution in [2.75, 3.05) is 14.2 Å². The summed E-state index contributed by atoms with van der Waals surface area (Å²) in [5, 5.41) is 5.62. The Morgan fingerprint density at radius 1 is 1.00 bits per heavy atom. The van der Waals surface area contributed by atoms with Gasteiger partial charge >= 0.3 is 0 Å². The summed E-state index contributed by atoms with van der Waals surface area (Å²) >= 11 is 11.8. The van der Waals surface area contributed by atoms with Gasteiger partial charge in [-0.3, -0.25) is 9.47 Å². The third-order valence-electron chi connectivity index (χ3n) is 4.92. The van der Waals surface area contributed by atoms with Gasteiger partial charge in [-0.1, -0.05) is 54.1 Å². The minimum Gasteiger partial charge on any atom is -0.497 e. The highest BCUT2D eigenvalue weighted by atomic mass is 35.5. The van der Waals surface area contributed by atoms with Crippen LogP contribution in [0.5, 0.6) is 5.75 Å². The van der Waals surface area contributed by atoms with E-state index in [0.29, 0.717) is 11.4 Å². The zero-order valence-electron chi connectivity index (χ0n) is 17.4. The molecule has 158 valence electrons. The Labute approximate surface area is 192 Å². The Morgan fingerprint density at radius 2 is 1.74 bits per heavy atom. The topological polar surface area (TPSA) is 35.2 Å². The monoisotopic (exact) mass is 450 g/mol. The number of halogens is 1. The summed E-state index contributed by atoms with van der Waals surface area (Å²) in [5.74, 6) is 1.55. The van der Waals surface area contributed by atoms with Crippen molar-refractivity contribution < 1.29 is 4.74 Å². The summed E-state index contributed by atoms with van der Waals surface area (Å²) in [4.78, 5) is 2.16. The van der Waals surface area contributed by atoms with Crippen LogP contribution in [0.2, 0.25) is 5.02 Å². The van der Waals surface area contributed by atoms with Crippen LogP contribution in [0.4, 0.5) is 0 Å². The zero-order chi connectivity index (χ0) is 21.8. The molecule has 0 N–H and O–H groups in total. The second-order valence-electron chi connectivity index (χ2n) is 7.29. The first-order valence-electron chi connectivity index (χ1n) is 9.88. The number of para-hydroxylation sites is 1. The molecule has 5 nitrogen and oxygen atoms in total. The minimum atomic E-state index is 0.554. The smallest absolute Gasteiger partial charge is 0.204 e. The van der Waals surface area contributed by atoms with Gasteiger partial charge in [-0.25, -0.2) is 4.68 Å². The fourth-order valence-electron chi connectivity index (χ4n) is 3.44. The van der Waals surface area contributed by atoms with Crippen LogP contribution in [0.15, 0.2) is 78.9 Å². The molecular formula is C24H23ClN4OS. The molecule has 0 amide bonds. The van der Waals surface area contributed by atoms with Crippen LogP contribution >= 0.6 is 23.8 Å². The van der Waals surface area contributed by atoms with Crippen molar-refractivity contribution in [2.45, 2.75) is 13.2 Å². The van der Waals surface area contributed by atoms with Gasteiger partial charge in [0.1, 0.15) is 5.75 Å². The van der Waals surface area contributed by atoms with Gasteiger partial charge in [-0.05, 0) is 61.2 Å². The molecule has 0 fully saturated rings. The molecule has 0 aliphatic carbocycles. The molecule has 0 bridgehead atoms. The molecule has 0 saturated carbocycles. The predicted octanol–water partition coefficient (Wildman–Crippen LogP) is 5.82. The molecule has 4 rings (SSSR count). The van der Waals surface area contributed by atoms with E-state index in [4.69, 9.17) is 33.7 Å². The van der Waals surface area contributed by atoms with E-state index in [1.807, 2.05) is 95.2 Å². The van der Waals surface area contributed by atoms with E-state index >= 15 is 0 Å². The lowest BCUT2D eigenvalue weighted by molar-refractivity contribution is 0.244. The highest BCUT2D eigenvalue weighted by molar-refractivity contribution is 7.71. The van der Waals surface area contributed by atoms with Gasteiger partial charge in [-0.2, -0.15) is 0 Å². The largest absolute Gasteiger partial charge is 0.497 e. The fourth-order valence-corrected chi connectivity index (χ4v) is 3.86. The average Bonchev–Trinajstić information content (AvgIpc) is 3.12. The van der Waals surface area contributed by atoms with Crippen LogP contribution < -0.4 is 4.74 Å². The average molecular weight is 451 g/mol. The number of aromatic nitrogens is 3. The normalized spacial score (nSPS) is 11.1. The van der Waals surface area contributed by atoms with E-state index in [0.717, 1.165) is 34.4 Å². The van der Waals surface area contributed by atoms with Gasteiger partial charge in [0.25, 0.3) is 0 Å². The number of ether oxygens (including phenoxy) is 1. The number of rotatable bonds is 7. The number of benzene rings is 3. The van der Waals surface area contributed by atoms with Crippen LogP contribution in [0, 0.1) is 4.77 Å². The summed E-state index contributed by atoms with van der Waals surface area (Å²) in [6, 6.07) is 25.8. The second kappa shape index (κ2) is 9.47. The van der Waals surface area contributed by atoms with E-state index in [9.17, 15) is 0 Å². The quantitative estimate of drug-likeness (QED) is 0.332. The molecule has 3 aromatic carbocycles. The molecule has 1 heterocycles. The van der Waals surface area contributed by atoms with E-state index in [2.05, 4.69) is 4.90 Å². The van der Waals surface area contributed by atoms with Crippen LogP contribution in [-0.2, 0) is 13.2 Å². The number of nitrogens with zero attached hydrogens (tertiary/aromatic N) is 4. The first-order chi connectivity index (χ1) is 15.0. The number of methoxy groups -OCH3 is 1.